The second kappa shape index (κ2) is 11.4. The topological polar surface area (TPSA) is 48.5 Å². The number of nitrogens with one attached hydrogen (secondary N) is 1. The van der Waals surface area contributed by atoms with Crippen LogP contribution in [0.3, 0.4) is 0 Å². The molecule has 1 amide bonds. The van der Waals surface area contributed by atoms with E-state index < -0.39 is 5.82 Å². The van der Waals surface area contributed by atoms with Gasteiger partial charge in [0, 0.05) is 50.5 Å². The van der Waals surface area contributed by atoms with Crippen molar-refractivity contribution in [3.8, 4) is 11.1 Å². The maximum absolute atomic E-state index is 15.3. The molecule has 5 rings (SSSR count). The van der Waals surface area contributed by atoms with Gasteiger partial charge in [0.25, 0.3) is 5.91 Å². The zero-order valence-electron chi connectivity index (χ0n) is 21.9. The van der Waals surface area contributed by atoms with Crippen molar-refractivity contribution >= 4 is 11.7 Å². The van der Waals surface area contributed by atoms with Crippen molar-refractivity contribution in [1.29, 1.82) is 0 Å². The van der Waals surface area contributed by atoms with Crippen molar-refractivity contribution in [3.05, 3.63) is 83.3 Å². The lowest BCUT2D eigenvalue weighted by Crippen LogP contribution is -2.44. The maximum Gasteiger partial charge on any atom is 0.254 e. The predicted molar refractivity (Wildman–Crippen MR) is 147 cm³/mol. The standard InChI is InChI=1S/C31H37FN4O/c1-22-6-9-25(10-7-22)27-4-3-5-28(30(27)32)31(37)34-26-14-16-35(17-15-26)21-24-8-11-29(33-20-24)36-18-12-23(2)13-19-36/h3-11,20,23,26H,12-19,21H2,1-2H3,(H,34,37). The van der Waals surface area contributed by atoms with E-state index >= 15 is 4.39 Å². The molecular formula is C31H37FN4O. The van der Waals surface area contributed by atoms with E-state index in [0.717, 1.165) is 68.4 Å². The highest BCUT2D eigenvalue weighted by atomic mass is 19.1. The van der Waals surface area contributed by atoms with E-state index in [9.17, 15) is 4.79 Å². The first-order chi connectivity index (χ1) is 18.0. The predicted octanol–water partition coefficient (Wildman–Crippen LogP) is 5.83. The van der Waals surface area contributed by atoms with Crippen LogP contribution in [0.2, 0.25) is 0 Å². The number of aromatic nitrogens is 1. The Balaban J connectivity index is 1.13. The van der Waals surface area contributed by atoms with Crippen LogP contribution in [0.5, 0.6) is 0 Å². The number of hydrogen-bond donors (Lipinski definition) is 1. The Hall–Kier alpha value is -3.25. The fraction of sp³-hybridized carbons (Fsp3) is 0.419. The molecule has 0 radical (unpaired) electrons. The van der Waals surface area contributed by atoms with Crippen molar-refractivity contribution in [3.63, 3.8) is 0 Å². The molecule has 0 bridgehead atoms. The summed E-state index contributed by atoms with van der Waals surface area (Å²) in [6.45, 7) is 9.15. The molecule has 3 aromatic rings. The van der Waals surface area contributed by atoms with Gasteiger partial charge in [0.1, 0.15) is 11.6 Å². The third-order valence-corrected chi connectivity index (χ3v) is 7.85. The smallest absolute Gasteiger partial charge is 0.254 e. The number of pyridine rings is 1. The molecule has 0 spiro atoms. The van der Waals surface area contributed by atoms with E-state index in [0.29, 0.717) is 5.56 Å². The molecule has 2 aromatic carbocycles. The molecule has 194 valence electrons. The highest BCUT2D eigenvalue weighted by molar-refractivity contribution is 5.96. The number of nitrogens with zero attached hydrogens (tertiary/aromatic N) is 3. The largest absolute Gasteiger partial charge is 0.357 e. The minimum absolute atomic E-state index is 0.0492. The minimum Gasteiger partial charge on any atom is -0.357 e. The highest BCUT2D eigenvalue weighted by Gasteiger charge is 2.24. The first kappa shape index (κ1) is 25.4. The Morgan fingerprint density at radius 2 is 1.70 bits per heavy atom. The van der Waals surface area contributed by atoms with Crippen molar-refractivity contribution in [2.24, 2.45) is 5.92 Å². The van der Waals surface area contributed by atoms with Crippen molar-refractivity contribution in [2.45, 2.75) is 52.1 Å². The highest BCUT2D eigenvalue weighted by Crippen LogP contribution is 2.26. The van der Waals surface area contributed by atoms with Crippen LogP contribution in [0.15, 0.2) is 60.8 Å². The van der Waals surface area contributed by atoms with Gasteiger partial charge in [0.15, 0.2) is 0 Å². The van der Waals surface area contributed by atoms with Gasteiger partial charge in [0.05, 0.1) is 5.56 Å². The molecular weight excluding hydrogens is 463 g/mol. The summed E-state index contributed by atoms with van der Waals surface area (Å²) in [5.41, 5.74) is 3.67. The van der Waals surface area contributed by atoms with E-state index in [2.05, 4.69) is 34.2 Å². The molecule has 0 unspecified atom stereocenters. The third kappa shape index (κ3) is 6.19. The summed E-state index contributed by atoms with van der Waals surface area (Å²) in [7, 11) is 0. The number of piperidine rings is 2. The monoisotopic (exact) mass is 500 g/mol. The number of carbonyl (C=O) groups is 1. The van der Waals surface area contributed by atoms with E-state index in [-0.39, 0.29) is 17.5 Å². The molecule has 5 nitrogen and oxygen atoms in total. The fourth-order valence-electron chi connectivity index (χ4n) is 5.36. The molecule has 2 fully saturated rings. The van der Waals surface area contributed by atoms with Crippen LogP contribution < -0.4 is 10.2 Å². The number of carbonyl (C=O) groups excluding carboxylic acids is 1. The number of amides is 1. The van der Waals surface area contributed by atoms with Gasteiger partial charge in [-0.2, -0.15) is 0 Å². The summed E-state index contributed by atoms with van der Waals surface area (Å²) in [6.07, 6.45) is 6.18. The zero-order valence-corrected chi connectivity index (χ0v) is 21.9. The van der Waals surface area contributed by atoms with Gasteiger partial charge in [0.2, 0.25) is 0 Å². The molecule has 2 saturated heterocycles. The Labute approximate surface area is 219 Å². The second-order valence-electron chi connectivity index (χ2n) is 10.8. The lowest BCUT2D eigenvalue weighted by Gasteiger charge is -2.33. The summed E-state index contributed by atoms with van der Waals surface area (Å²) < 4.78 is 15.3. The van der Waals surface area contributed by atoms with E-state index in [4.69, 9.17) is 4.98 Å². The minimum atomic E-state index is -0.462. The van der Waals surface area contributed by atoms with E-state index in [1.165, 1.54) is 18.4 Å². The van der Waals surface area contributed by atoms with E-state index in [1.807, 2.05) is 37.4 Å². The van der Waals surface area contributed by atoms with Crippen LogP contribution in [-0.4, -0.2) is 48.0 Å². The molecule has 1 N–H and O–H groups in total. The SMILES string of the molecule is Cc1ccc(-c2cccc(C(=O)NC3CCN(Cc4ccc(N5CCC(C)CC5)nc4)CC3)c2F)cc1. The molecule has 0 aliphatic carbocycles. The van der Waals surface area contributed by atoms with Crippen molar-refractivity contribution in [2.75, 3.05) is 31.1 Å². The summed E-state index contributed by atoms with van der Waals surface area (Å²) in [5, 5.41) is 3.07. The van der Waals surface area contributed by atoms with Gasteiger partial charge >= 0.3 is 0 Å². The number of aryl methyl sites for hydroxylation is 1. The van der Waals surface area contributed by atoms with Gasteiger partial charge < -0.3 is 10.2 Å². The number of benzene rings is 2. The summed E-state index contributed by atoms with van der Waals surface area (Å²) in [6, 6.07) is 17.1. The van der Waals surface area contributed by atoms with Crippen LogP contribution in [0.4, 0.5) is 10.2 Å². The third-order valence-electron chi connectivity index (χ3n) is 7.85. The number of anilines is 1. The Morgan fingerprint density at radius 1 is 0.973 bits per heavy atom. The molecule has 0 atom stereocenters. The molecule has 1 aromatic heterocycles. The Morgan fingerprint density at radius 3 is 2.38 bits per heavy atom. The second-order valence-corrected chi connectivity index (χ2v) is 10.8. The maximum atomic E-state index is 15.3. The van der Waals surface area contributed by atoms with Crippen LogP contribution in [0.1, 0.15) is 54.1 Å². The zero-order chi connectivity index (χ0) is 25.8. The lowest BCUT2D eigenvalue weighted by atomic mass is 9.99. The Bertz CT molecular complexity index is 1190. The number of halogens is 1. The normalized spacial score (nSPS) is 17.6. The van der Waals surface area contributed by atoms with Gasteiger partial charge in [-0.25, -0.2) is 9.37 Å². The van der Waals surface area contributed by atoms with Crippen LogP contribution in [0.25, 0.3) is 11.1 Å². The molecule has 6 heteroatoms. The summed E-state index contributed by atoms with van der Waals surface area (Å²) in [5.74, 6) is 1.09. The van der Waals surface area contributed by atoms with Crippen LogP contribution in [-0.2, 0) is 6.54 Å². The van der Waals surface area contributed by atoms with Crippen LogP contribution in [0, 0.1) is 18.7 Å². The summed E-state index contributed by atoms with van der Waals surface area (Å²) in [4.78, 5) is 22.5. The Kier molecular flexibility index (Phi) is 7.85. The molecule has 2 aliphatic heterocycles. The quantitative estimate of drug-likeness (QED) is 0.463. The molecule has 2 aliphatic rings. The summed E-state index contributed by atoms with van der Waals surface area (Å²) >= 11 is 0. The first-order valence-corrected chi connectivity index (χ1v) is 13.5. The molecule has 0 saturated carbocycles. The molecule has 37 heavy (non-hydrogen) atoms. The average molecular weight is 501 g/mol. The van der Waals surface area contributed by atoms with E-state index in [1.54, 1.807) is 18.2 Å². The van der Waals surface area contributed by atoms with Crippen LogP contribution >= 0.6 is 0 Å². The first-order valence-electron chi connectivity index (χ1n) is 13.5. The van der Waals surface area contributed by atoms with Gasteiger partial charge in [-0.1, -0.05) is 55.0 Å². The number of rotatable bonds is 6. The molecule has 3 heterocycles. The van der Waals surface area contributed by atoms with Crippen molar-refractivity contribution < 1.29 is 9.18 Å². The lowest BCUT2D eigenvalue weighted by molar-refractivity contribution is 0.0905. The van der Waals surface area contributed by atoms with Gasteiger partial charge in [-0.15, -0.1) is 0 Å². The average Bonchev–Trinajstić information content (AvgIpc) is 2.91. The number of hydrogen-bond acceptors (Lipinski definition) is 4. The number of likely N-dealkylation sites (tertiary alicyclic amines) is 1. The van der Waals surface area contributed by atoms with Crippen molar-refractivity contribution in [1.82, 2.24) is 15.2 Å². The fourth-order valence-corrected chi connectivity index (χ4v) is 5.36. The van der Waals surface area contributed by atoms with Gasteiger partial charge in [-0.3, -0.25) is 9.69 Å². The van der Waals surface area contributed by atoms with Gasteiger partial charge in [-0.05, 0) is 61.8 Å².